The highest BCUT2D eigenvalue weighted by Gasteiger charge is 2.45. The van der Waals surface area contributed by atoms with Crippen molar-refractivity contribution in [2.45, 2.75) is 39.4 Å². The summed E-state index contributed by atoms with van der Waals surface area (Å²) in [5.74, 6) is 0. The lowest BCUT2D eigenvalue weighted by Crippen LogP contribution is -2.58. The van der Waals surface area contributed by atoms with Crippen molar-refractivity contribution in [1.82, 2.24) is 4.57 Å². The molecule has 0 saturated carbocycles. The third-order valence-electron chi connectivity index (χ3n) is 3.55. The van der Waals surface area contributed by atoms with E-state index >= 15 is 0 Å². The molecule has 0 aromatic carbocycles. The lowest BCUT2D eigenvalue weighted by Gasteiger charge is -2.37. The summed E-state index contributed by atoms with van der Waals surface area (Å²) >= 11 is 0. The Kier molecular flexibility index (Phi) is 5.81. The third kappa shape index (κ3) is 3.87. The molecule has 17 heavy (non-hydrogen) atoms. The van der Waals surface area contributed by atoms with Gasteiger partial charge in [0.1, 0.15) is 0 Å². The Balaban J connectivity index is 2.66. The first-order valence-electron chi connectivity index (χ1n) is 6.58. The van der Waals surface area contributed by atoms with Crippen molar-refractivity contribution < 1.29 is 13.3 Å². The van der Waals surface area contributed by atoms with Gasteiger partial charge < -0.3 is 17.8 Å². The quantitative estimate of drug-likeness (QED) is 0.667. The van der Waals surface area contributed by atoms with Crippen molar-refractivity contribution in [3.63, 3.8) is 0 Å². The van der Waals surface area contributed by atoms with E-state index in [-0.39, 0.29) is 0 Å². The molecular formula is C11H27NO3Si2. The van der Waals surface area contributed by atoms with Gasteiger partial charge in [-0.2, -0.15) is 0 Å². The van der Waals surface area contributed by atoms with Crippen LogP contribution in [-0.2, 0) is 13.3 Å². The minimum Gasteiger partial charge on any atom is -0.406 e. The molecule has 0 bridgehead atoms. The Hall–Kier alpha value is 0.274. The van der Waals surface area contributed by atoms with Crippen LogP contribution in [0.3, 0.4) is 0 Å². The lowest BCUT2D eigenvalue weighted by molar-refractivity contribution is 0.176. The van der Waals surface area contributed by atoms with Crippen LogP contribution >= 0.6 is 0 Å². The molecule has 1 aliphatic rings. The molecule has 4 nitrogen and oxygen atoms in total. The summed E-state index contributed by atoms with van der Waals surface area (Å²) in [4.78, 5) is 0. The second kappa shape index (κ2) is 6.44. The molecule has 0 spiro atoms. The number of hydrogen-bond acceptors (Lipinski definition) is 4. The van der Waals surface area contributed by atoms with Crippen molar-refractivity contribution in [3.8, 4) is 0 Å². The Labute approximate surface area is 108 Å². The van der Waals surface area contributed by atoms with E-state index in [1.54, 1.807) is 0 Å². The average Bonchev–Trinajstić information content (AvgIpc) is 2.61. The van der Waals surface area contributed by atoms with E-state index in [0.717, 1.165) is 25.9 Å². The Morgan fingerprint density at radius 3 is 2.29 bits per heavy atom. The molecule has 1 unspecified atom stereocenters. The van der Waals surface area contributed by atoms with Crippen LogP contribution < -0.4 is 0 Å². The first-order chi connectivity index (χ1) is 7.99. The summed E-state index contributed by atoms with van der Waals surface area (Å²) < 4.78 is 20.1. The maximum atomic E-state index is 5.91. The largest absolute Gasteiger partial charge is 0.406 e. The van der Waals surface area contributed by atoms with Gasteiger partial charge in [0.05, 0.1) is 0 Å². The zero-order valence-electron chi connectivity index (χ0n) is 11.9. The molecular weight excluding hydrogens is 250 g/mol. The number of hydrogen-bond donors (Lipinski definition) is 0. The Bertz CT molecular complexity index is 237. The van der Waals surface area contributed by atoms with E-state index in [1.807, 2.05) is 21.0 Å². The Morgan fingerprint density at radius 2 is 1.82 bits per heavy atom. The van der Waals surface area contributed by atoms with Gasteiger partial charge in [-0.15, -0.1) is 0 Å². The van der Waals surface area contributed by atoms with Crippen LogP contribution in [0.15, 0.2) is 0 Å². The SMILES string of the molecule is CCO[Si](C)(CN1CCC[Si]1(C)OC)OCC. The van der Waals surface area contributed by atoms with Crippen molar-refractivity contribution >= 4 is 17.0 Å². The molecule has 0 radical (unpaired) electrons. The van der Waals surface area contributed by atoms with Crippen LogP contribution in [0.5, 0.6) is 0 Å². The third-order valence-corrected chi connectivity index (χ3v) is 10.5. The maximum Gasteiger partial charge on any atom is 0.348 e. The molecule has 0 aromatic heterocycles. The fourth-order valence-corrected chi connectivity index (χ4v) is 9.32. The van der Waals surface area contributed by atoms with Crippen LogP contribution in [0.1, 0.15) is 20.3 Å². The fraction of sp³-hybridized carbons (Fsp3) is 1.00. The first-order valence-corrected chi connectivity index (χ1v) is 11.7. The number of nitrogens with zero attached hydrogens (tertiary/aromatic N) is 1. The van der Waals surface area contributed by atoms with E-state index in [0.29, 0.717) is 0 Å². The second-order valence-electron chi connectivity index (χ2n) is 4.90. The molecule has 1 heterocycles. The summed E-state index contributed by atoms with van der Waals surface area (Å²) in [6.45, 7) is 11.2. The molecule has 1 atom stereocenters. The van der Waals surface area contributed by atoms with Crippen LogP contribution in [0.4, 0.5) is 0 Å². The van der Waals surface area contributed by atoms with Gasteiger partial charge in [0, 0.05) is 26.5 Å². The van der Waals surface area contributed by atoms with E-state index in [1.165, 1.54) is 12.5 Å². The van der Waals surface area contributed by atoms with Gasteiger partial charge in [0.2, 0.25) is 0 Å². The molecule has 0 aromatic rings. The van der Waals surface area contributed by atoms with Gasteiger partial charge in [-0.1, -0.05) is 0 Å². The van der Waals surface area contributed by atoms with Crippen LogP contribution in [-0.4, -0.2) is 54.6 Å². The highest BCUT2D eigenvalue weighted by molar-refractivity contribution is 6.73. The van der Waals surface area contributed by atoms with Gasteiger partial charge in [-0.25, -0.2) is 0 Å². The number of rotatable bonds is 7. The summed E-state index contributed by atoms with van der Waals surface area (Å²) in [5.41, 5.74) is 0. The van der Waals surface area contributed by atoms with Gasteiger partial charge in [-0.05, 0) is 46.0 Å². The zero-order chi connectivity index (χ0) is 12.9. The van der Waals surface area contributed by atoms with Crippen molar-refractivity contribution in [2.75, 3.05) is 33.0 Å². The molecule has 0 aliphatic carbocycles. The fourth-order valence-electron chi connectivity index (χ4n) is 2.56. The van der Waals surface area contributed by atoms with Crippen LogP contribution in [0.25, 0.3) is 0 Å². The van der Waals surface area contributed by atoms with E-state index in [9.17, 15) is 0 Å². The van der Waals surface area contributed by atoms with Gasteiger partial charge in [-0.3, -0.25) is 0 Å². The molecule has 1 fully saturated rings. The predicted molar refractivity (Wildman–Crippen MR) is 74.5 cm³/mol. The minimum atomic E-state index is -2.04. The summed E-state index contributed by atoms with van der Waals surface area (Å²) in [7, 11) is -1.84. The normalized spacial score (nSPS) is 26.6. The standard InChI is InChI=1S/C11H27NO3Si2/c1-6-14-17(5,15-7-2)11-12-9-8-10-16(12,4)13-3/h6-11H2,1-5H3. The maximum absolute atomic E-state index is 5.91. The molecule has 1 saturated heterocycles. The second-order valence-corrected chi connectivity index (χ2v) is 12.0. The van der Waals surface area contributed by atoms with Crippen molar-refractivity contribution in [3.05, 3.63) is 0 Å². The highest BCUT2D eigenvalue weighted by Crippen LogP contribution is 2.28. The van der Waals surface area contributed by atoms with Gasteiger partial charge in [0.15, 0.2) is 0 Å². The average molecular weight is 278 g/mol. The zero-order valence-corrected chi connectivity index (χ0v) is 13.9. The van der Waals surface area contributed by atoms with Crippen molar-refractivity contribution in [1.29, 1.82) is 0 Å². The predicted octanol–water partition coefficient (Wildman–Crippen LogP) is 2.09. The molecule has 0 N–H and O–H groups in total. The smallest absolute Gasteiger partial charge is 0.348 e. The van der Waals surface area contributed by atoms with Crippen LogP contribution in [0, 0.1) is 0 Å². The highest BCUT2D eigenvalue weighted by atomic mass is 28.4. The van der Waals surface area contributed by atoms with E-state index in [2.05, 4.69) is 17.7 Å². The summed E-state index contributed by atoms with van der Waals surface area (Å²) in [5, 5.41) is 0. The minimum absolute atomic E-state index is 0.738. The molecule has 102 valence electrons. The van der Waals surface area contributed by atoms with Crippen LogP contribution in [0.2, 0.25) is 19.1 Å². The molecule has 1 rings (SSSR count). The monoisotopic (exact) mass is 277 g/mol. The van der Waals surface area contributed by atoms with Crippen molar-refractivity contribution in [2.24, 2.45) is 0 Å². The summed E-state index contributed by atoms with van der Waals surface area (Å²) in [6, 6.07) is 1.23. The van der Waals surface area contributed by atoms with Gasteiger partial charge in [0.25, 0.3) is 8.48 Å². The topological polar surface area (TPSA) is 30.9 Å². The Morgan fingerprint density at radius 1 is 1.24 bits per heavy atom. The first kappa shape index (κ1) is 15.3. The lowest BCUT2D eigenvalue weighted by atomic mass is 10.5. The van der Waals surface area contributed by atoms with E-state index < -0.39 is 17.0 Å². The molecule has 0 amide bonds. The van der Waals surface area contributed by atoms with E-state index in [4.69, 9.17) is 13.3 Å². The molecule has 6 heteroatoms. The van der Waals surface area contributed by atoms with Gasteiger partial charge >= 0.3 is 8.56 Å². The summed E-state index contributed by atoms with van der Waals surface area (Å²) in [6.07, 6.45) is 2.20. The molecule has 1 aliphatic heterocycles.